The van der Waals surface area contributed by atoms with Crippen molar-refractivity contribution in [1.82, 2.24) is 4.65 Å². The van der Waals surface area contributed by atoms with E-state index in [4.69, 9.17) is 0 Å². The molecule has 30 valence electrons. The first-order valence-electron chi connectivity index (χ1n) is 1.16. The Hall–Kier alpha value is 0.834. The Kier molecular flexibility index (Phi) is 9.68. The summed E-state index contributed by atoms with van der Waals surface area (Å²) in [6, 6.07) is 0. The summed E-state index contributed by atoms with van der Waals surface area (Å²) < 4.78 is 11.5. The zero-order chi connectivity index (χ0) is 4.28. The second kappa shape index (κ2) is 5.83. The van der Waals surface area contributed by atoms with Gasteiger partial charge in [-0.05, 0) is 0 Å². The van der Waals surface area contributed by atoms with Crippen LogP contribution < -0.4 is 39.0 Å². The molecule has 6 heteroatoms. The third-order valence-electron chi connectivity index (χ3n) is 0.204. The van der Waals surface area contributed by atoms with Crippen LogP contribution in [0.25, 0.3) is 0 Å². The van der Waals surface area contributed by atoms with E-state index < -0.39 is 9.09 Å². The first-order valence-corrected chi connectivity index (χ1v) is 3.47. The molecular weight excluding hydrogens is 125 g/mol. The molecule has 1 N–H and O–H groups in total. The summed E-state index contributed by atoms with van der Waals surface area (Å²) in [5, 5.41) is 0. The molecule has 0 unspecified atom stereocenters. The van der Waals surface area contributed by atoms with E-state index in [-0.39, 0.29) is 29.6 Å². The van der Waals surface area contributed by atoms with Crippen molar-refractivity contribution in [1.29, 1.82) is 0 Å². The summed E-state index contributed by atoms with van der Waals surface area (Å²) in [7, 11) is -2.02. The predicted octanol–water partition coefficient (Wildman–Crippen LogP) is -6.36. The van der Waals surface area contributed by atoms with Crippen molar-refractivity contribution < 1.29 is 38.8 Å². The van der Waals surface area contributed by atoms with Crippen LogP contribution in [-0.4, -0.2) is 19.5 Å². The van der Waals surface area contributed by atoms with Gasteiger partial charge in [0.2, 0.25) is 0 Å². The number of hydrogen-bond donors (Lipinski definition) is 1. The molecule has 0 aliphatic carbocycles. The van der Waals surface area contributed by atoms with Gasteiger partial charge in [0.05, 0.1) is 10.4 Å². The van der Waals surface area contributed by atoms with Crippen LogP contribution in [0.4, 0.5) is 0 Å². The van der Waals surface area contributed by atoms with Gasteiger partial charge in [0, 0.05) is 0 Å². The van der Waals surface area contributed by atoms with Gasteiger partial charge in [0.15, 0.2) is 0 Å². The minimum atomic E-state index is -2.56. The first kappa shape index (κ1) is 9.95. The van der Waals surface area contributed by atoms with Crippen LogP contribution in [0, 0.1) is 0 Å². The molecule has 0 fully saturated rings. The second-order valence-electron chi connectivity index (χ2n) is 0.537. The summed E-state index contributed by atoms with van der Waals surface area (Å²) in [6.07, 6.45) is 0. The molecule has 0 atom stereocenters. The molecule has 0 saturated heterocycles. The number of rotatable bonds is 1. The minimum absolute atomic E-state index is 0. The molecule has 0 aliphatic heterocycles. The molecule has 0 saturated carbocycles. The van der Waals surface area contributed by atoms with Crippen LogP contribution in [-0.2, 0) is 4.46 Å². The van der Waals surface area contributed by atoms with E-state index in [1.807, 2.05) is 0 Å². The van der Waals surface area contributed by atoms with Crippen LogP contribution in [0.5, 0.6) is 0 Å². The maximum atomic E-state index is 9.37. The van der Waals surface area contributed by atoms with Crippen LogP contribution in [0.3, 0.4) is 0 Å². The van der Waals surface area contributed by atoms with Gasteiger partial charge in [-0.25, -0.2) is 0 Å². The van der Waals surface area contributed by atoms with Gasteiger partial charge < -0.3 is 13.9 Å². The first-order chi connectivity index (χ1) is 2.27. The normalized spacial score (nSPS) is 6.00. The van der Waals surface area contributed by atoms with Gasteiger partial charge in [-0.2, -0.15) is 0 Å². The fraction of sp³-hybridized carbons (Fsp3) is 0. The Morgan fingerprint density at radius 2 is 2.00 bits per heavy atom. The van der Waals surface area contributed by atoms with E-state index in [0.29, 0.717) is 10.4 Å². The van der Waals surface area contributed by atoms with Crippen LogP contribution in [0.2, 0.25) is 0 Å². The Labute approximate surface area is 62.8 Å². The van der Waals surface area contributed by atoms with Crippen molar-refractivity contribution in [3.63, 3.8) is 0 Å². The van der Waals surface area contributed by atoms with Gasteiger partial charge in [-0.1, -0.05) is 0 Å². The molecule has 0 radical (unpaired) electrons. The van der Waals surface area contributed by atoms with Crippen molar-refractivity contribution in [2.45, 2.75) is 0 Å². The summed E-state index contributed by atoms with van der Waals surface area (Å²) >= 11 is 0. The van der Waals surface area contributed by atoms with Crippen molar-refractivity contribution in [2.75, 3.05) is 0 Å². The molecule has 0 aliphatic rings. The minimum Gasteiger partial charge on any atom is -0.569 e. The third kappa shape index (κ3) is 8.85. The van der Waals surface area contributed by atoms with Crippen LogP contribution in [0.15, 0.2) is 0 Å². The molecule has 3 nitrogen and oxygen atoms in total. The fourth-order valence-electron chi connectivity index (χ4n) is 0. The zero-order valence-electron chi connectivity index (χ0n) is 3.82. The maximum absolute atomic E-state index is 9.37. The molecule has 0 rings (SSSR count). The van der Waals surface area contributed by atoms with E-state index in [1.165, 1.54) is 0 Å². The quantitative estimate of drug-likeness (QED) is 0.358. The molecule has 0 heterocycles. The van der Waals surface area contributed by atoms with Crippen molar-refractivity contribution in [3.8, 4) is 0 Å². The molecule has 0 spiro atoms. The molecule has 0 aromatic carbocycles. The molecule has 0 amide bonds. The van der Waals surface area contributed by atoms with Crippen LogP contribution >= 0.6 is 0 Å². The summed E-state index contributed by atoms with van der Waals surface area (Å²) in [4.78, 5) is 9.37. The largest absolute Gasteiger partial charge is 1.00 e. The fourth-order valence-corrected chi connectivity index (χ4v) is 0. The van der Waals surface area contributed by atoms with Crippen molar-refractivity contribution in [2.24, 2.45) is 0 Å². The van der Waals surface area contributed by atoms with Gasteiger partial charge in [0.1, 0.15) is 0 Å². The standard InChI is InChI=1S/H4NO2Si2.Na/c2-5(3)1-4;/h1H,4H3;/q-1;+1. The van der Waals surface area contributed by atoms with Crippen molar-refractivity contribution >= 4 is 19.5 Å². The second-order valence-corrected chi connectivity index (χ2v) is 3.11. The molecular formula is H4NNaO2Si2. The topological polar surface area (TPSA) is 52.2 Å². The van der Waals surface area contributed by atoms with E-state index in [9.17, 15) is 9.26 Å². The average molecular weight is 129 g/mol. The van der Waals surface area contributed by atoms with Gasteiger partial charge in [-0.3, -0.25) is 0 Å². The number of nitrogens with one attached hydrogen (secondary N) is 1. The smallest absolute Gasteiger partial charge is 0.569 e. The van der Waals surface area contributed by atoms with Gasteiger partial charge in [0.25, 0.3) is 9.09 Å². The van der Waals surface area contributed by atoms with Gasteiger partial charge in [-0.15, -0.1) is 0 Å². The van der Waals surface area contributed by atoms with E-state index in [0.717, 1.165) is 0 Å². The van der Waals surface area contributed by atoms with E-state index in [2.05, 4.69) is 4.65 Å². The monoisotopic (exact) mass is 129 g/mol. The zero-order valence-corrected chi connectivity index (χ0v) is 8.82. The van der Waals surface area contributed by atoms with Gasteiger partial charge >= 0.3 is 29.6 Å². The summed E-state index contributed by atoms with van der Waals surface area (Å²) in [5.41, 5.74) is 0. The van der Waals surface area contributed by atoms with E-state index >= 15 is 0 Å². The maximum Gasteiger partial charge on any atom is 1.00 e. The molecule has 0 aromatic rings. The number of hydrogen-bond acceptors (Lipinski definition) is 2. The van der Waals surface area contributed by atoms with Crippen LogP contribution in [0.1, 0.15) is 0 Å². The molecule has 0 aromatic heterocycles. The SMILES string of the molecule is O=[Si]([O-])N[SiH3].[Na+]. The predicted molar refractivity (Wildman–Crippen MR) is 19.5 cm³/mol. The Morgan fingerprint density at radius 1 is 1.83 bits per heavy atom. The van der Waals surface area contributed by atoms with Crippen molar-refractivity contribution in [3.05, 3.63) is 0 Å². The van der Waals surface area contributed by atoms with E-state index in [1.54, 1.807) is 0 Å². The average Bonchev–Trinajstić information content (AvgIpc) is 1.38. The summed E-state index contributed by atoms with van der Waals surface area (Å²) in [5.74, 6) is 0. The Balaban J connectivity index is 0. The third-order valence-corrected chi connectivity index (χ3v) is 1.84. The molecule has 6 heavy (non-hydrogen) atoms. The Morgan fingerprint density at radius 3 is 2.00 bits per heavy atom. The summed E-state index contributed by atoms with van der Waals surface area (Å²) in [6.45, 7) is 0. The molecule has 0 bridgehead atoms. The Bertz CT molecular complexity index is 46.8.